The number of aromatic nitrogens is 1. The van der Waals surface area contributed by atoms with Crippen molar-refractivity contribution >= 4 is 11.5 Å². The number of hydrogen-bond donors (Lipinski definition) is 1. The molecule has 1 aromatic heterocycles. The number of nitrogen functional groups attached to an aromatic ring is 1. The van der Waals surface area contributed by atoms with E-state index in [2.05, 4.69) is 22.5 Å². The van der Waals surface area contributed by atoms with E-state index in [1.807, 2.05) is 6.07 Å². The van der Waals surface area contributed by atoms with Crippen molar-refractivity contribution in [1.82, 2.24) is 4.57 Å². The first-order valence-corrected chi connectivity index (χ1v) is 7.86. The van der Waals surface area contributed by atoms with Crippen LogP contribution >= 0.6 is 0 Å². The van der Waals surface area contributed by atoms with E-state index >= 15 is 0 Å². The molecule has 108 valence electrons. The fraction of sp³-hybridized carbons (Fsp3) is 0.688. The molecule has 1 aliphatic carbocycles. The van der Waals surface area contributed by atoms with Crippen molar-refractivity contribution < 1.29 is 0 Å². The third kappa shape index (κ3) is 2.26. The van der Waals surface area contributed by atoms with Gasteiger partial charge in [-0.2, -0.15) is 5.26 Å². The van der Waals surface area contributed by atoms with E-state index < -0.39 is 0 Å². The maximum absolute atomic E-state index is 9.42. The number of nitriles is 1. The number of nitrogens with two attached hydrogens (primary N) is 1. The average molecular weight is 272 g/mol. The maximum atomic E-state index is 9.42. The van der Waals surface area contributed by atoms with E-state index in [4.69, 9.17) is 5.73 Å². The molecule has 2 aliphatic rings. The summed E-state index contributed by atoms with van der Waals surface area (Å²) in [6, 6.07) is 4.68. The van der Waals surface area contributed by atoms with Crippen LogP contribution in [0.2, 0.25) is 0 Å². The van der Waals surface area contributed by atoms with Crippen LogP contribution in [0, 0.1) is 17.2 Å². The van der Waals surface area contributed by atoms with Gasteiger partial charge in [-0.25, -0.2) is 0 Å². The van der Waals surface area contributed by atoms with Crippen LogP contribution in [-0.4, -0.2) is 17.7 Å². The van der Waals surface area contributed by atoms with Crippen LogP contribution in [0.1, 0.15) is 57.2 Å². The lowest BCUT2D eigenvalue weighted by Crippen LogP contribution is -2.36. The van der Waals surface area contributed by atoms with E-state index in [0.717, 1.165) is 30.3 Å². The molecule has 1 saturated carbocycles. The van der Waals surface area contributed by atoms with Crippen molar-refractivity contribution in [3.05, 3.63) is 11.8 Å². The van der Waals surface area contributed by atoms with Gasteiger partial charge in [0.25, 0.3) is 0 Å². The lowest BCUT2D eigenvalue weighted by molar-refractivity contribution is 0.431. The fourth-order valence-electron chi connectivity index (χ4n) is 3.87. The maximum Gasteiger partial charge on any atom is 0.133 e. The molecule has 4 heteroatoms. The molecular formula is C16H24N4. The summed E-state index contributed by atoms with van der Waals surface area (Å²) >= 11 is 0. The van der Waals surface area contributed by atoms with E-state index in [9.17, 15) is 5.26 Å². The van der Waals surface area contributed by atoms with Crippen LogP contribution in [0.5, 0.6) is 0 Å². The summed E-state index contributed by atoms with van der Waals surface area (Å²) in [6.45, 7) is 4.43. The smallest absolute Gasteiger partial charge is 0.133 e. The van der Waals surface area contributed by atoms with Gasteiger partial charge in [-0.3, -0.25) is 0 Å². The molecule has 2 N–H and O–H groups in total. The van der Waals surface area contributed by atoms with Gasteiger partial charge in [-0.15, -0.1) is 0 Å². The minimum Gasteiger partial charge on any atom is -0.396 e. The molecule has 20 heavy (non-hydrogen) atoms. The molecule has 1 aromatic rings. The zero-order chi connectivity index (χ0) is 14.1. The minimum absolute atomic E-state index is 0.467. The summed E-state index contributed by atoms with van der Waals surface area (Å²) in [5.41, 5.74) is 7.77. The predicted octanol–water partition coefficient (Wildman–Crippen LogP) is 3.29. The zero-order valence-corrected chi connectivity index (χ0v) is 12.3. The Morgan fingerprint density at radius 1 is 1.25 bits per heavy atom. The van der Waals surface area contributed by atoms with Gasteiger partial charge in [0.1, 0.15) is 17.6 Å². The Morgan fingerprint density at radius 2 is 2.00 bits per heavy atom. The second-order valence-corrected chi connectivity index (χ2v) is 6.42. The number of hydrogen-bond acceptors (Lipinski definition) is 3. The van der Waals surface area contributed by atoms with Crippen molar-refractivity contribution in [2.75, 3.05) is 23.7 Å². The van der Waals surface area contributed by atoms with Crippen LogP contribution in [-0.2, 0) is 0 Å². The molecule has 0 spiro atoms. The van der Waals surface area contributed by atoms with Gasteiger partial charge in [0.2, 0.25) is 0 Å². The molecule has 0 amide bonds. The van der Waals surface area contributed by atoms with Crippen LogP contribution in [0.15, 0.2) is 6.07 Å². The molecule has 3 rings (SSSR count). The van der Waals surface area contributed by atoms with Gasteiger partial charge in [0.15, 0.2) is 0 Å². The molecule has 0 radical (unpaired) electrons. The SMILES string of the molecule is C[C@H]1CCCN(c2c(N)cc(C#N)n2C2CCCC2)C1. The van der Waals surface area contributed by atoms with E-state index in [1.165, 1.54) is 38.5 Å². The Labute approximate surface area is 121 Å². The molecule has 0 unspecified atom stereocenters. The lowest BCUT2D eigenvalue weighted by Gasteiger charge is -2.35. The fourth-order valence-corrected chi connectivity index (χ4v) is 3.87. The van der Waals surface area contributed by atoms with Crippen LogP contribution in [0.4, 0.5) is 11.5 Å². The lowest BCUT2D eigenvalue weighted by atomic mass is 10.0. The third-order valence-electron chi connectivity index (χ3n) is 4.80. The summed E-state index contributed by atoms with van der Waals surface area (Å²) in [5.74, 6) is 1.82. The highest BCUT2D eigenvalue weighted by molar-refractivity contribution is 5.68. The first-order valence-electron chi connectivity index (χ1n) is 7.86. The molecule has 2 heterocycles. The standard InChI is InChI=1S/C16H24N4/c1-12-5-4-8-19(11-12)16-15(18)9-14(10-17)20(16)13-6-2-3-7-13/h9,12-13H,2-8,11,18H2,1H3/t12-/m0/s1. The molecule has 2 fully saturated rings. The molecule has 1 saturated heterocycles. The highest BCUT2D eigenvalue weighted by atomic mass is 15.3. The summed E-state index contributed by atoms with van der Waals surface area (Å²) < 4.78 is 2.24. The Bertz CT molecular complexity index is 519. The van der Waals surface area contributed by atoms with Gasteiger partial charge in [-0.1, -0.05) is 19.8 Å². The second-order valence-electron chi connectivity index (χ2n) is 6.42. The van der Waals surface area contributed by atoms with Crippen molar-refractivity contribution in [2.45, 2.75) is 51.5 Å². The quantitative estimate of drug-likeness (QED) is 0.898. The molecular weight excluding hydrogens is 248 g/mol. The Balaban J connectivity index is 2.00. The number of piperidine rings is 1. The molecule has 1 atom stereocenters. The summed E-state index contributed by atoms with van der Waals surface area (Å²) in [4.78, 5) is 2.41. The third-order valence-corrected chi connectivity index (χ3v) is 4.80. The highest BCUT2D eigenvalue weighted by Crippen LogP contribution is 2.39. The molecule has 4 nitrogen and oxygen atoms in total. The van der Waals surface area contributed by atoms with Crippen LogP contribution < -0.4 is 10.6 Å². The highest BCUT2D eigenvalue weighted by Gasteiger charge is 2.28. The number of anilines is 2. The minimum atomic E-state index is 0.467. The molecule has 0 bridgehead atoms. The van der Waals surface area contributed by atoms with E-state index in [0.29, 0.717) is 12.0 Å². The topological polar surface area (TPSA) is 58.0 Å². The van der Waals surface area contributed by atoms with Gasteiger partial charge >= 0.3 is 0 Å². The van der Waals surface area contributed by atoms with Crippen molar-refractivity contribution in [1.29, 1.82) is 5.26 Å². The normalized spacial score (nSPS) is 24.0. The molecule has 0 aromatic carbocycles. The Hall–Kier alpha value is -1.63. The summed E-state index contributed by atoms with van der Waals surface area (Å²) in [6.07, 6.45) is 7.41. The number of nitrogens with zero attached hydrogens (tertiary/aromatic N) is 3. The van der Waals surface area contributed by atoms with E-state index in [1.54, 1.807) is 0 Å². The monoisotopic (exact) mass is 272 g/mol. The van der Waals surface area contributed by atoms with Gasteiger partial charge in [0.05, 0.1) is 5.69 Å². The first kappa shape index (κ1) is 13.4. The van der Waals surface area contributed by atoms with Crippen LogP contribution in [0.25, 0.3) is 0 Å². The summed E-state index contributed by atoms with van der Waals surface area (Å²) in [5, 5.41) is 9.42. The average Bonchev–Trinajstić information content (AvgIpc) is 3.05. The zero-order valence-electron chi connectivity index (χ0n) is 12.3. The first-order chi connectivity index (χ1) is 9.70. The van der Waals surface area contributed by atoms with Crippen molar-refractivity contribution in [3.8, 4) is 6.07 Å². The number of rotatable bonds is 2. The van der Waals surface area contributed by atoms with Crippen molar-refractivity contribution in [2.24, 2.45) is 5.92 Å². The van der Waals surface area contributed by atoms with Crippen LogP contribution in [0.3, 0.4) is 0 Å². The predicted molar refractivity (Wildman–Crippen MR) is 81.7 cm³/mol. The Morgan fingerprint density at radius 3 is 2.65 bits per heavy atom. The largest absolute Gasteiger partial charge is 0.396 e. The van der Waals surface area contributed by atoms with Gasteiger partial charge in [0, 0.05) is 19.1 Å². The van der Waals surface area contributed by atoms with E-state index in [-0.39, 0.29) is 0 Å². The van der Waals surface area contributed by atoms with Gasteiger partial charge in [-0.05, 0) is 37.7 Å². The summed E-state index contributed by atoms with van der Waals surface area (Å²) in [7, 11) is 0. The van der Waals surface area contributed by atoms with Gasteiger partial charge < -0.3 is 15.2 Å². The second kappa shape index (κ2) is 5.40. The molecule has 1 aliphatic heterocycles. The van der Waals surface area contributed by atoms with Crippen molar-refractivity contribution in [3.63, 3.8) is 0 Å². The Kier molecular flexibility index (Phi) is 3.60.